The number of aliphatic hydroxyl groups excluding tert-OH is 1. The molecule has 7 nitrogen and oxygen atoms in total. The van der Waals surface area contributed by atoms with E-state index in [1.807, 2.05) is 18.7 Å². The number of nitrogens with zero attached hydrogens (tertiary/aromatic N) is 3. The van der Waals surface area contributed by atoms with Crippen LogP contribution >= 0.6 is 0 Å². The summed E-state index contributed by atoms with van der Waals surface area (Å²) in [6, 6.07) is 4.59. The summed E-state index contributed by atoms with van der Waals surface area (Å²) in [5.41, 5.74) is 4.25. The number of nitro benzene ring substituents is 1. The zero-order chi connectivity index (χ0) is 17.0. The molecule has 2 rings (SSSR count). The second-order valence-electron chi connectivity index (χ2n) is 5.32. The first kappa shape index (κ1) is 17.0. The molecule has 0 saturated carbocycles. The van der Waals surface area contributed by atoms with Gasteiger partial charge in [0.15, 0.2) is 0 Å². The number of hydrogen-bond donors (Lipinski definition) is 2. The normalized spacial score (nSPS) is 10.8. The fraction of sp³-hybridized carbons (Fsp3) is 0.438. The van der Waals surface area contributed by atoms with Gasteiger partial charge in [-0.25, -0.2) is 0 Å². The number of nitro groups is 1. The molecule has 0 atom stereocenters. The molecule has 7 heteroatoms. The molecule has 0 unspecified atom stereocenters. The number of hydrogen-bond acceptors (Lipinski definition) is 5. The highest BCUT2D eigenvalue weighted by Gasteiger charge is 2.17. The van der Waals surface area contributed by atoms with Crippen LogP contribution in [0.15, 0.2) is 18.2 Å². The molecular weight excluding hydrogens is 296 g/mol. The molecule has 0 bridgehead atoms. The van der Waals surface area contributed by atoms with Crippen molar-refractivity contribution >= 4 is 11.4 Å². The quantitative estimate of drug-likeness (QED) is 0.604. The first-order valence-corrected chi connectivity index (χ1v) is 7.67. The average Bonchev–Trinajstić information content (AvgIpc) is 2.87. The molecule has 0 spiro atoms. The standard InChI is InChI=1S/C16H22N4O3/c1-4-13-12(15(5-2)19(3)18-13)9-17-14-8-11(10-21)6-7-16(14)20(22)23/h6-8,17,21H,4-5,9-10H2,1-3H3. The molecule has 0 aliphatic heterocycles. The second-order valence-corrected chi connectivity index (χ2v) is 5.32. The maximum atomic E-state index is 11.2. The Morgan fingerprint density at radius 3 is 2.65 bits per heavy atom. The second kappa shape index (κ2) is 7.23. The summed E-state index contributed by atoms with van der Waals surface area (Å²) >= 11 is 0. The fourth-order valence-corrected chi connectivity index (χ4v) is 2.76. The van der Waals surface area contributed by atoms with Gasteiger partial charge in [0.25, 0.3) is 5.69 Å². The number of aromatic nitrogens is 2. The summed E-state index contributed by atoms with van der Waals surface area (Å²) in [6.45, 7) is 4.42. The Morgan fingerprint density at radius 2 is 2.09 bits per heavy atom. The molecule has 2 N–H and O–H groups in total. The smallest absolute Gasteiger partial charge is 0.292 e. The van der Waals surface area contributed by atoms with Crippen molar-refractivity contribution in [2.75, 3.05) is 5.32 Å². The van der Waals surface area contributed by atoms with Crippen LogP contribution in [0.3, 0.4) is 0 Å². The van der Waals surface area contributed by atoms with Crippen molar-refractivity contribution in [2.24, 2.45) is 7.05 Å². The summed E-state index contributed by atoms with van der Waals surface area (Å²) in [7, 11) is 1.91. The van der Waals surface area contributed by atoms with Gasteiger partial charge < -0.3 is 10.4 Å². The van der Waals surface area contributed by atoms with Crippen molar-refractivity contribution in [1.29, 1.82) is 0 Å². The van der Waals surface area contributed by atoms with E-state index < -0.39 is 4.92 Å². The predicted molar refractivity (Wildman–Crippen MR) is 88.3 cm³/mol. The Kier molecular flexibility index (Phi) is 5.33. The van der Waals surface area contributed by atoms with Crippen molar-refractivity contribution in [3.63, 3.8) is 0 Å². The van der Waals surface area contributed by atoms with Crippen molar-refractivity contribution in [3.05, 3.63) is 50.8 Å². The van der Waals surface area contributed by atoms with E-state index in [1.165, 1.54) is 6.07 Å². The van der Waals surface area contributed by atoms with E-state index in [4.69, 9.17) is 0 Å². The highest BCUT2D eigenvalue weighted by molar-refractivity contribution is 5.63. The SMILES string of the molecule is CCc1nn(C)c(CC)c1CNc1cc(CO)ccc1[N+](=O)[O-]. The topological polar surface area (TPSA) is 93.2 Å². The molecule has 2 aromatic rings. The van der Waals surface area contributed by atoms with Crippen molar-refractivity contribution < 1.29 is 10.0 Å². The minimum atomic E-state index is -0.422. The highest BCUT2D eigenvalue weighted by atomic mass is 16.6. The minimum absolute atomic E-state index is 0.00203. The molecule has 0 fully saturated rings. The number of nitrogens with one attached hydrogen (secondary N) is 1. The lowest BCUT2D eigenvalue weighted by Gasteiger charge is -2.10. The zero-order valence-electron chi connectivity index (χ0n) is 13.7. The highest BCUT2D eigenvalue weighted by Crippen LogP contribution is 2.27. The molecule has 0 amide bonds. The maximum Gasteiger partial charge on any atom is 0.292 e. The van der Waals surface area contributed by atoms with Gasteiger partial charge in [0.05, 0.1) is 17.2 Å². The van der Waals surface area contributed by atoms with Gasteiger partial charge in [-0.3, -0.25) is 14.8 Å². The predicted octanol–water partition coefficient (Wildman–Crippen LogP) is 2.56. The largest absolute Gasteiger partial charge is 0.392 e. The number of aryl methyl sites for hydroxylation is 2. The summed E-state index contributed by atoms with van der Waals surface area (Å²) in [5, 5.41) is 28.1. The molecule has 124 valence electrons. The Labute approximate surface area is 135 Å². The van der Waals surface area contributed by atoms with E-state index in [0.717, 1.165) is 29.8 Å². The Bertz CT molecular complexity index is 710. The van der Waals surface area contributed by atoms with E-state index in [-0.39, 0.29) is 12.3 Å². The maximum absolute atomic E-state index is 11.2. The molecule has 0 aliphatic rings. The van der Waals surface area contributed by atoms with Crippen LogP contribution in [0.5, 0.6) is 0 Å². The Hall–Kier alpha value is -2.41. The Morgan fingerprint density at radius 1 is 1.35 bits per heavy atom. The number of rotatable bonds is 7. The van der Waals surface area contributed by atoms with E-state index in [2.05, 4.69) is 17.3 Å². The summed E-state index contributed by atoms with van der Waals surface area (Å²) in [5.74, 6) is 0. The third-order valence-electron chi connectivity index (χ3n) is 3.92. The number of anilines is 1. The van der Waals surface area contributed by atoms with Gasteiger partial charge in [-0.1, -0.05) is 13.8 Å². The average molecular weight is 318 g/mol. The van der Waals surface area contributed by atoms with Crippen molar-refractivity contribution in [1.82, 2.24) is 9.78 Å². The zero-order valence-corrected chi connectivity index (χ0v) is 13.7. The fourth-order valence-electron chi connectivity index (χ4n) is 2.76. The molecule has 23 heavy (non-hydrogen) atoms. The molecule has 0 radical (unpaired) electrons. The van der Waals surface area contributed by atoms with Gasteiger partial charge in [0.1, 0.15) is 5.69 Å². The number of aliphatic hydroxyl groups is 1. The third kappa shape index (κ3) is 3.50. The van der Waals surface area contributed by atoms with Gasteiger partial charge in [0.2, 0.25) is 0 Å². The van der Waals surface area contributed by atoms with Gasteiger partial charge in [-0.05, 0) is 30.5 Å². The van der Waals surface area contributed by atoms with Crippen LogP contribution in [0.4, 0.5) is 11.4 Å². The van der Waals surface area contributed by atoms with Crippen LogP contribution in [-0.4, -0.2) is 19.8 Å². The van der Waals surface area contributed by atoms with Crippen LogP contribution in [0.1, 0.15) is 36.4 Å². The summed E-state index contributed by atoms with van der Waals surface area (Å²) < 4.78 is 1.87. The van der Waals surface area contributed by atoms with Gasteiger partial charge in [-0.15, -0.1) is 0 Å². The number of benzene rings is 1. The van der Waals surface area contributed by atoms with Crippen LogP contribution in [0.2, 0.25) is 0 Å². The van der Waals surface area contributed by atoms with Gasteiger partial charge >= 0.3 is 0 Å². The minimum Gasteiger partial charge on any atom is -0.392 e. The van der Waals surface area contributed by atoms with Crippen molar-refractivity contribution in [2.45, 2.75) is 39.8 Å². The molecular formula is C16H22N4O3. The van der Waals surface area contributed by atoms with Crippen molar-refractivity contribution in [3.8, 4) is 0 Å². The molecule has 1 aromatic heterocycles. The molecule has 0 aliphatic carbocycles. The van der Waals surface area contributed by atoms with E-state index in [9.17, 15) is 15.2 Å². The van der Waals surface area contributed by atoms with E-state index >= 15 is 0 Å². The molecule has 1 heterocycles. The van der Waals surface area contributed by atoms with E-state index in [1.54, 1.807) is 12.1 Å². The molecule has 1 aromatic carbocycles. The van der Waals surface area contributed by atoms with Crippen LogP contribution in [-0.2, 0) is 33.0 Å². The first-order chi connectivity index (χ1) is 11.0. The summed E-state index contributed by atoms with van der Waals surface area (Å²) in [6.07, 6.45) is 1.66. The first-order valence-electron chi connectivity index (χ1n) is 7.67. The lowest BCUT2D eigenvalue weighted by atomic mass is 10.1. The third-order valence-corrected chi connectivity index (χ3v) is 3.92. The molecule has 0 saturated heterocycles. The van der Waals surface area contributed by atoms with Crippen LogP contribution in [0, 0.1) is 10.1 Å². The van der Waals surface area contributed by atoms with Crippen LogP contribution < -0.4 is 5.32 Å². The van der Waals surface area contributed by atoms with Gasteiger partial charge in [-0.2, -0.15) is 5.10 Å². The monoisotopic (exact) mass is 318 g/mol. The lowest BCUT2D eigenvalue weighted by molar-refractivity contribution is -0.384. The lowest BCUT2D eigenvalue weighted by Crippen LogP contribution is -2.07. The summed E-state index contributed by atoms with van der Waals surface area (Å²) in [4.78, 5) is 10.7. The van der Waals surface area contributed by atoms with Crippen LogP contribution in [0.25, 0.3) is 0 Å². The van der Waals surface area contributed by atoms with Gasteiger partial charge in [0, 0.05) is 30.9 Å². The Balaban J connectivity index is 2.32. The van der Waals surface area contributed by atoms with E-state index in [0.29, 0.717) is 17.8 Å².